The molecule has 0 spiro atoms. The average molecular weight is 252 g/mol. The highest BCUT2D eigenvalue weighted by Crippen LogP contribution is 2.25. The lowest BCUT2D eigenvalue weighted by Crippen LogP contribution is -2.46. The first kappa shape index (κ1) is 15.5. The number of nitrogens with one attached hydrogen (secondary N) is 1. The van der Waals surface area contributed by atoms with Crippen LogP contribution in [0.15, 0.2) is 0 Å². The van der Waals surface area contributed by atoms with Crippen molar-refractivity contribution in [3.8, 4) is 12.3 Å². The minimum Gasteiger partial charge on any atom is -0.396 e. The third-order valence-corrected chi connectivity index (χ3v) is 4.50. The van der Waals surface area contributed by atoms with Crippen LogP contribution in [-0.2, 0) is 0 Å². The van der Waals surface area contributed by atoms with E-state index in [0.717, 1.165) is 51.9 Å². The smallest absolute Gasteiger partial charge is 0.0598 e. The quantitative estimate of drug-likeness (QED) is 0.674. The molecule has 0 saturated carbocycles. The van der Waals surface area contributed by atoms with Crippen molar-refractivity contribution in [1.82, 2.24) is 10.2 Å². The van der Waals surface area contributed by atoms with E-state index in [0.29, 0.717) is 6.04 Å². The van der Waals surface area contributed by atoms with Crippen LogP contribution in [0.2, 0.25) is 0 Å². The lowest BCUT2D eigenvalue weighted by molar-refractivity contribution is 0.104. The molecule has 1 aliphatic heterocycles. The molecule has 0 atom stereocenters. The number of hydrogen-bond acceptors (Lipinski definition) is 3. The number of piperidine rings is 1. The summed E-state index contributed by atoms with van der Waals surface area (Å²) in [4.78, 5) is 2.33. The Morgan fingerprint density at radius 2 is 1.94 bits per heavy atom. The summed E-state index contributed by atoms with van der Waals surface area (Å²) in [5.41, 5.74) is 0.0654. The lowest BCUT2D eigenvalue weighted by atomic mass is 9.83. The van der Waals surface area contributed by atoms with Gasteiger partial charge in [0.05, 0.1) is 6.54 Å². The third-order valence-electron chi connectivity index (χ3n) is 4.50. The molecule has 104 valence electrons. The molecule has 1 saturated heterocycles. The molecule has 2 N–H and O–H groups in total. The maximum Gasteiger partial charge on any atom is 0.0598 e. The lowest BCUT2D eigenvalue weighted by Gasteiger charge is -2.35. The van der Waals surface area contributed by atoms with E-state index in [4.69, 9.17) is 6.42 Å². The Balaban J connectivity index is 2.31. The average Bonchev–Trinajstić information content (AvgIpc) is 2.43. The van der Waals surface area contributed by atoms with E-state index in [1.807, 2.05) is 0 Å². The fraction of sp³-hybridized carbons (Fsp3) is 0.867. The summed E-state index contributed by atoms with van der Waals surface area (Å²) in [6.07, 6.45) is 9.72. The van der Waals surface area contributed by atoms with Gasteiger partial charge in [-0.25, -0.2) is 0 Å². The van der Waals surface area contributed by atoms with Crippen LogP contribution in [0.5, 0.6) is 0 Å². The van der Waals surface area contributed by atoms with Crippen molar-refractivity contribution in [2.45, 2.75) is 45.6 Å². The molecule has 0 bridgehead atoms. The van der Waals surface area contributed by atoms with Crippen LogP contribution in [0.4, 0.5) is 0 Å². The van der Waals surface area contributed by atoms with E-state index in [1.54, 1.807) is 0 Å². The first-order valence-corrected chi connectivity index (χ1v) is 7.19. The molecule has 18 heavy (non-hydrogen) atoms. The summed E-state index contributed by atoms with van der Waals surface area (Å²) in [6, 6.07) is 0.586. The number of rotatable bonds is 7. The Bertz CT molecular complexity index is 252. The predicted octanol–water partition coefficient (Wildman–Crippen LogP) is 1.47. The van der Waals surface area contributed by atoms with E-state index in [9.17, 15) is 5.11 Å². The van der Waals surface area contributed by atoms with E-state index in [-0.39, 0.29) is 12.0 Å². The summed E-state index contributed by atoms with van der Waals surface area (Å²) in [7, 11) is 0. The van der Waals surface area contributed by atoms with Gasteiger partial charge >= 0.3 is 0 Å². The van der Waals surface area contributed by atoms with Crippen molar-refractivity contribution >= 4 is 0 Å². The molecule has 3 heteroatoms. The predicted molar refractivity (Wildman–Crippen MR) is 76.4 cm³/mol. The van der Waals surface area contributed by atoms with Gasteiger partial charge in [0.25, 0.3) is 0 Å². The summed E-state index contributed by atoms with van der Waals surface area (Å²) >= 11 is 0. The second kappa shape index (κ2) is 7.78. The molecule has 1 aliphatic rings. The van der Waals surface area contributed by atoms with Crippen molar-refractivity contribution in [3.63, 3.8) is 0 Å². The highest BCUT2D eigenvalue weighted by atomic mass is 16.3. The van der Waals surface area contributed by atoms with Crippen LogP contribution in [-0.4, -0.2) is 48.8 Å². The van der Waals surface area contributed by atoms with Gasteiger partial charge in [-0.05, 0) is 25.7 Å². The van der Waals surface area contributed by atoms with Crippen molar-refractivity contribution < 1.29 is 5.11 Å². The largest absolute Gasteiger partial charge is 0.396 e. The number of nitrogens with zero attached hydrogens (tertiary/aromatic N) is 1. The molecule has 3 nitrogen and oxygen atoms in total. The van der Waals surface area contributed by atoms with Crippen LogP contribution in [0.3, 0.4) is 0 Å². The second-order valence-electron chi connectivity index (χ2n) is 5.50. The monoisotopic (exact) mass is 252 g/mol. The van der Waals surface area contributed by atoms with Gasteiger partial charge in [0.15, 0.2) is 0 Å². The Labute approximate surface area is 112 Å². The molecule has 1 fully saturated rings. The topological polar surface area (TPSA) is 35.5 Å². The number of aliphatic hydroxyl groups excluding tert-OH is 1. The number of likely N-dealkylation sites (tertiary alicyclic amines) is 1. The fourth-order valence-electron chi connectivity index (χ4n) is 2.56. The standard InChI is InChI=1S/C15H28N2O/c1-4-9-17-10-7-14(8-11-17)16-12-15(5-2,6-3)13-18/h1,14,16,18H,5-13H2,2-3H3. The molecule has 0 aromatic carbocycles. The summed E-state index contributed by atoms with van der Waals surface area (Å²) in [5, 5.41) is 13.2. The molecule has 0 radical (unpaired) electrons. The molecule has 0 aliphatic carbocycles. The molecule has 0 aromatic heterocycles. The molecule has 0 amide bonds. The Morgan fingerprint density at radius 3 is 2.39 bits per heavy atom. The van der Waals surface area contributed by atoms with Gasteiger partial charge < -0.3 is 10.4 Å². The second-order valence-corrected chi connectivity index (χ2v) is 5.50. The van der Waals surface area contributed by atoms with Crippen LogP contribution in [0.25, 0.3) is 0 Å². The zero-order chi connectivity index (χ0) is 13.4. The SMILES string of the molecule is C#CCN1CCC(NCC(CC)(CC)CO)CC1. The van der Waals surface area contributed by atoms with Gasteiger partial charge in [0, 0.05) is 37.7 Å². The van der Waals surface area contributed by atoms with Gasteiger partial charge in [-0.3, -0.25) is 4.90 Å². The first-order valence-electron chi connectivity index (χ1n) is 7.19. The Hall–Kier alpha value is -0.560. The van der Waals surface area contributed by atoms with E-state index < -0.39 is 0 Å². The van der Waals surface area contributed by atoms with Crippen LogP contribution >= 0.6 is 0 Å². The molecular weight excluding hydrogens is 224 g/mol. The maximum absolute atomic E-state index is 9.55. The van der Waals surface area contributed by atoms with E-state index in [1.165, 1.54) is 0 Å². The van der Waals surface area contributed by atoms with Gasteiger partial charge in [-0.2, -0.15) is 0 Å². The number of terminal acetylenes is 1. The summed E-state index contributed by atoms with van der Waals surface area (Å²) in [6.45, 7) is 8.49. The van der Waals surface area contributed by atoms with E-state index in [2.05, 4.69) is 30.0 Å². The zero-order valence-electron chi connectivity index (χ0n) is 11.9. The molecule has 0 unspecified atom stereocenters. The molecule has 1 rings (SSSR count). The molecule has 1 heterocycles. The molecular formula is C15H28N2O. The summed E-state index contributed by atoms with van der Waals surface area (Å²) < 4.78 is 0. The Kier molecular flexibility index (Phi) is 6.70. The number of aliphatic hydroxyl groups is 1. The van der Waals surface area contributed by atoms with Crippen molar-refractivity contribution in [2.75, 3.05) is 32.8 Å². The van der Waals surface area contributed by atoms with Crippen molar-refractivity contribution in [2.24, 2.45) is 5.41 Å². The highest BCUT2D eigenvalue weighted by molar-refractivity contribution is 4.91. The van der Waals surface area contributed by atoms with Crippen molar-refractivity contribution in [1.29, 1.82) is 0 Å². The summed E-state index contributed by atoms with van der Waals surface area (Å²) in [5.74, 6) is 2.71. The minimum absolute atomic E-state index is 0.0654. The Morgan fingerprint density at radius 1 is 1.33 bits per heavy atom. The van der Waals surface area contributed by atoms with Gasteiger partial charge in [0.1, 0.15) is 0 Å². The fourth-order valence-corrected chi connectivity index (χ4v) is 2.56. The molecule has 0 aromatic rings. The number of hydrogen-bond donors (Lipinski definition) is 2. The van der Waals surface area contributed by atoms with E-state index >= 15 is 0 Å². The van der Waals surface area contributed by atoms with Crippen molar-refractivity contribution in [3.05, 3.63) is 0 Å². The van der Waals surface area contributed by atoms with Crippen LogP contribution < -0.4 is 5.32 Å². The minimum atomic E-state index is 0.0654. The third kappa shape index (κ3) is 4.28. The maximum atomic E-state index is 9.55. The van der Waals surface area contributed by atoms with Crippen LogP contribution in [0, 0.1) is 17.8 Å². The van der Waals surface area contributed by atoms with Crippen LogP contribution in [0.1, 0.15) is 39.5 Å². The highest BCUT2D eigenvalue weighted by Gasteiger charge is 2.27. The first-order chi connectivity index (χ1) is 8.69. The normalized spacial score (nSPS) is 18.8. The zero-order valence-corrected chi connectivity index (χ0v) is 11.9. The van der Waals surface area contributed by atoms with Gasteiger partial charge in [-0.1, -0.05) is 19.8 Å². The van der Waals surface area contributed by atoms with Gasteiger partial charge in [0.2, 0.25) is 0 Å². The van der Waals surface area contributed by atoms with Gasteiger partial charge in [-0.15, -0.1) is 6.42 Å².